The third-order valence-electron chi connectivity index (χ3n) is 1.56. The van der Waals surface area contributed by atoms with Crippen LogP contribution in [0.1, 0.15) is 27.7 Å². The molecule has 0 saturated heterocycles. The zero-order chi connectivity index (χ0) is 9.94. The van der Waals surface area contributed by atoms with Crippen LogP contribution >= 0.6 is 7.82 Å². The monoisotopic (exact) mass is 260 g/mol. The molecule has 4 nitrogen and oxygen atoms in total. The van der Waals surface area contributed by atoms with Crippen molar-refractivity contribution in [3.63, 3.8) is 0 Å². The van der Waals surface area contributed by atoms with Crippen LogP contribution in [0.25, 0.3) is 0 Å². The van der Waals surface area contributed by atoms with Gasteiger partial charge in [-0.2, -0.15) is 0 Å². The number of hydrogen-bond donors (Lipinski definition) is 0. The van der Waals surface area contributed by atoms with E-state index in [-0.39, 0.29) is 37.8 Å². The first-order valence-electron chi connectivity index (χ1n) is 3.94. The summed E-state index contributed by atoms with van der Waals surface area (Å²) >= 11 is 0. The minimum Gasteiger partial charge on any atom is -0.790 e. The third kappa shape index (κ3) is 9.26. The first-order valence-corrected chi connectivity index (χ1v) is 5.40. The van der Waals surface area contributed by atoms with Gasteiger partial charge in [0.2, 0.25) is 0 Å². The maximum Gasteiger partial charge on any atom is 0.0673 e. The van der Waals surface area contributed by atoms with E-state index < -0.39 is 13.9 Å². The predicted molar refractivity (Wildman–Crippen MR) is 48.6 cm³/mol. The fraction of sp³-hybridized carbons (Fsp3) is 0.875. The fourth-order valence-corrected chi connectivity index (χ4v) is 1.95. The molecule has 0 aliphatic rings. The van der Waals surface area contributed by atoms with E-state index in [1.165, 1.54) is 0 Å². The van der Waals surface area contributed by atoms with Crippen LogP contribution in [0.3, 0.4) is 0 Å². The number of rotatable bonds is 4. The normalized spacial score (nSPS) is 11.5. The van der Waals surface area contributed by atoms with Crippen LogP contribution in [0.5, 0.6) is 0 Å². The van der Waals surface area contributed by atoms with Crippen molar-refractivity contribution < 1.29 is 37.4 Å². The van der Waals surface area contributed by atoms with Crippen LogP contribution in [0.4, 0.5) is 0 Å². The summed E-state index contributed by atoms with van der Waals surface area (Å²) in [5.74, 6) is 0.0578. The minimum atomic E-state index is -4.83. The van der Waals surface area contributed by atoms with E-state index in [0.29, 0.717) is 0 Å². The van der Waals surface area contributed by atoms with E-state index in [2.05, 4.69) is 4.52 Å². The first-order chi connectivity index (χ1) is 5.24. The Morgan fingerprint density at radius 3 is 1.43 bits per heavy atom. The average Bonchev–Trinajstić information content (AvgIpc) is 1.79. The molecule has 0 spiro atoms. The van der Waals surface area contributed by atoms with Crippen LogP contribution in [-0.4, -0.2) is 6.10 Å². The topological polar surface area (TPSA) is 72.4 Å². The molecule has 0 amide bonds. The number of phosphoric acid groups is 1. The molecule has 0 atom stereocenters. The smallest absolute Gasteiger partial charge is 0.0673 e. The van der Waals surface area contributed by atoms with E-state index in [4.69, 9.17) is 0 Å². The number of phosphoric ester groups is 1. The minimum absolute atomic E-state index is 0. The summed E-state index contributed by atoms with van der Waals surface area (Å²) in [7, 11) is -4.83. The Bertz CT molecular complexity index is 170. The van der Waals surface area contributed by atoms with Gasteiger partial charge < -0.3 is 26.3 Å². The van der Waals surface area contributed by atoms with E-state index in [1.807, 2.05) is 27.7 Å². The summed E-state index contributed by atoms with van der Waals surface area (Å²) in [5, 5.41) is 0. The van der Waals surface area contributed by atoms with Crippen LogP contribution in [-0.2, 0) is 27.6 Å². The van der Waals surface area contributed by atoms with Gasteiger partial charge in [-0.15, -0.1) is 0 Å². The van der Waals surface area contributed by atoms with Crippen molar-refractivity contribution in [1.29, 1.82) is 0 Å². The van der Waals surface area contributed by atoms with Crippen molar-refractivity contribution in [2.45, 2.75) is 33.8 Å². The van der Waals surface area contributed by atoms with Gasteiger partial charge in [-0.1, -0.05) is 27.7 Å². The van der Waals surface area contributed by atoms with E-state index in [9.17, 15) is 14.4 Å². The summed E-state index contributed by atoms with van der Waals surface area (Å²) in [4.78, 5) is 20.6. The molecular weight excluding hydrogens is 242 g/mol. The van der Waals surface area contributed by atoms with E-state index >= 15 is 0 Å². The van der Waals surface area contributed by atoms with Gasteiger partial charge in [0, 0.05) is 18.6 Å². The Morgan fingerprint density at radius 1 is 1.07 bits per heavy atom. The Balaban J connectivity index is -0.000000605. The molecule has 0 fully saturated rings. The van der Waals surface area contributed by atoms with Gasteiger partial charge in [-0.3, -0.25) is 0 Å². The third-order valence-corrected chi connectivity index (χ3v) is 2.07. The predicted octanol–water partition coefficient (Wildman–Crippen LogP) is 0.960. The zero-order valence-corrected chi connectivity index (χ0v) is 11.6. The molecule has 0 N–H and O–H groups in total. The zero-order valence-electron chi connectivity index (χ0n) is 9.26. The van der Waals surface area contributed by atoms with Crippen LogP contribution in [0, 0.1) is 19.3 Å². The van der Waals surface area contributed by atoms with Crippen molar-refractivity contribution >= 4 is 7.82 Å². The molecule has 1 radical (unpaired) electrons. The van der Waals surface area contributed by atoms with Crippen molar-refractivity contribution in [1.82, 2.24) is 0 Å². The van der Waals surface area contributed by atoms with Gasteiger partial charge in [0.25, 0.3) is 0 Å². The van der Waals surface area contributed by atoms with Gasteiger partial charge >= 0.3 is 0 Å². The molecule has 0 aliphatic heterocycles. The van der Waals surface area contributed by atoms with Gasteiger partial charge in [-0.05, 0) is 11.8 Å². The first kappa shape index (κ1) is 20.2. The van der Waals surface area contributed by atoms with Gasteiger partial charge in [0.15, 0.2) is 0 Å². The quantitative estimate of drug-likeness (QED) is 0.557. The van der Waals surface area contributed by atoms with Crippen LogP contribution in [0.15, 0.2) is 0 Å². The summed E-state index contributed by atoms with van der Waals surface area (Å²) < 4.78 is 14.7. The second-order valence-electron chi connectivity index (χ2n) is 3.51. The second-order valence-corrected chi connectivity index (χ2v) is 4.61. The van der Waals surface area contributed by atoms with E-state index in [0.717, 1.165) is 0 Å². The fourth-order valence-electron chi connectivity index (χ4n) is 1.16. The second kappa shape index (κ2) is 7.92. The molecule has 0 rings (SSSR count). The molecule has 0 aromatic heterocycles. The van der Waals surface area contributed by atoms with Gasteiger partial charge in [-0.25, -0.2) is 0 Å². The molecule has 14 heavy (non-hydrogen) atoms. The van der Waals surface area contributed by atoms with E-state index in [1.54, 1.807) is 0 Å². The van der Waals surface area contributed by atoms with Crippen LogP contribution < -0.4 is 9.79 Å². The molecule has 0 bridgehead atoms. The number of hydrogen-bond acceptors (Lipinski definition) is 4. The summed E-state index contributed by atoms with van der Waals surface area (Å²) in [6.07, 6.45) is -0.508. The molecule has 0 unspecified atom stereocenters. The van der Waals surface area contributed by atoms with Crippen molar-refractivity contribution in [3.8, 4) is 0 Å². The summed E-state index contributed by atoms with van der Waals surface area (Å²) in [6, 6.07) is 0. The Labute approximate surface area is 98.6 Å². The molecule has 87 valence electrons. The Hall–Kier alpha value is 0.694. The maximum absolute atomic E-state index is 10.3. The molecule has 0 aromatic rings. The van der Waals surface area contributed by atoms with Gasteiger partial charge in [0.05, 0.1) is 13.9 Å². The Kier molecular flexibility index (Phi) is 11.4. The van der Waals surface area contributed by atoms with Crippen molar-refractivity contribution in [3.05, 3.63) is 7.43 Å². The largest absolute Gasteiger partial charge is 0.790 e. The SMILES string of the molecule is CC(C)C(OP(=O)([O-])[O-])C(C)C.[CH3-].[V]. The average molecular weight is 260 g/mol. The van der Waals surface area contributed by atoms with Crippen molar-refractivity contribution in [2.75, 3.05) is 0 Å². The molecule has 0 aromatic carbocycles. The summed E-state index contributed by atoms with van der Waals surface area (Å²) in [5.41, 5.74) is 0. The van der Waals surface area contributed by atoms with Crippen molar-refractivity contribution in [2.24, 2.45) is 11.8 Å². The standard InChI is InChI=1S/C7H17O4P.CH3.V/c1-5(2)7(6(3)4)11-12(8,9)10;;/h5-7H,1-4H3,(H2,8,9,10);1H3;/q;-1;/p-2. The molecule has 0 aliphatic carbocycles. The van der Waals surface area contributed by atoms with Crippen LogP contribution in [0.2, 0.25) is 0 Å². The Morgan fingerprint density at radius 2 is 1.36 bits per heavy atom. The van der Waals surface area contributed by atoms with Gasteiger partial charge in [0.1, 0.15) is 0 Å². The summed E-state index contributed by atoms with van der Waals surface area (Å²) in [6.45, 7) is 7.28. The molecule has 0 heterocycles. The molecule has 0 saturated carbocycles. The molecule has 6 heteroatoms. The maximum atomic E-state index is 10.3. The molecular formula is C8H18O4PV-3.